The molecule has 0 fully saturated rings. The molecule has 4 aromatic carbocycles. The SMILES string of the molecule is Cc1ccc(-c2nc3cc(NC(=O)c4cccc(COc5ccccc5)c4)ccc3o2)cc1C. The highest BCUT2D eigenvalue weighted by Crippen LogP contribution is 2.27. The molecule has 1 heterocycles. The summed E-state index contributed by atoms with van der Waals surface area (Å²) in [5.41, 5.74) is 6.83. The summed E-state index contributed by atoms with van der Waals surface area (Å²) in [7, 11) is 0. The van der Waals surface area contributed by atoms with Crippen molar-refractivity contribution >= 4 is 22.7 Å². The van der Waals surface area contributed by atoms with Gasteiger partial charge < -0.3 is 14.5 Å². The largest absolute Gasteiger partial charge is 0.489 e. The van der Waals surface area contributed by atoms with Gasteiger partial charge in [-0.2, -0.15) is 0 Å². The van der Waals surface area contributed by atoms with Crippen molar-refractivity contribution in [2.24, 2.45) is 0 Å². The summed E-state index contributed by atoms with van der Waals surface area (Å²) >= 11 is 0. The van der Waals surface area contributed by atoms with Crippen LogP contribution in [0.25, 0.3) is 22.6 Å². The Morgan fingerprint density at radius 1 is 0.882 bits per heavy atom. The monoisotopic (exact) mass is 448 g/mol. The van der Waals surface area contributed by atoms with Crippen LogP contribution in [-0.2, 0) is 6.61 Å². The maximum atomic E-state index is 12.9. The molecule has 5 heteroatoms. The van der Waals surface area contributed by atoms with Crippen LogP contribution in [-0.4, -0.2) is 10.9 Å². The number of anilines is 1. The minimum absolute atomic E-state index is 0.196. The molecular weight excluding hydrogens is 424 g/mol. The highest BCUT2D eigenvalue weighted by atomic mass is 16.5. The number of rotatable bonds is 6. The number of nitrogens with one attached hydrogen (secondary N) is 1. The van der Waals surface area contributed by atoms with Crippen molar-refractivity contribution in [1.82, 2.24) is 4.98 Å². The number of hydrogen-bond acceptors (Lipinski definition) is 4. The number of carbonyl (C=O) groups excluding carboxylic acids is 1. The summed E-state index contributed by atoms with van der Waals surface area (Å²) in [6.45, 7) is 4.53. The number of para-hydroxylation sites is 1. The Hall–Kier alpha value is -4.38. The number of fused-ring (bicyclic) bond motifs is 1. The lowest BCUT2D eigenvalue weighted by molar-refractivity contribution is 0.102. The van der Waals surface area contributed by atoms with Crippen LogP contribution < -0.4 is 10.1 Å². The third-order valence-electron chi connectivity index (χ3n) is 5.74. The van der Waals surface area contributed by atoms with Crippen LogP contribution in [0.2, 0.25) is 0 Å². The number of amides is 1. The highest BCUT2D eigenvalue weighted by molar-refractivity contribution is 6.05. The Balaban J connectivity index is 1.31. The van der Waals surface area contributed by atoms with Crippen LogP contribution in [0.3, 0.4) is 0 Å². The molecule has 34 heavy (non-hydrogen) atoms. The number of carbonyl (C=O) groups is 1. The van der Waals surface area contributed by atoms with E-state index < -0.39 is 0 Å². The van der Waals surface area contributed by atoms with Crippen molar-refractivity contribution in [3.05, 3.63) is 113 Å². The molecule has 0 atom stereocenters. The normalized spacial score (nSPS) is 10.9. The summed E-state index contributed by atoms with van der Waals surface area (Å²) in [5.74, 6) is 1.16. The third kappa shape index (κ3) is 4.69. The quantitative estimate of drug-likeness (QED) is 0.305. The second kappa shape index (κ2) is 9.24. The standard InChI is InChI=1S/C29H24N2O3/c1-19-11-12-23(15-20(19)2)29-31-26-17-24(13-14-27(26)34-29)30-28(32)22-8-6-7-21(16-22)18-33-25-9-4-3-5-10-25/h3-17H,18H2,1-2H3,(H,30,32). The van der Waals surface area contributed by atoms with Crippen LogP contribution in [0, 0.1) is 13.8 Å². The molecule has 1 aromatic heterocycles. The maximum Gasteiger partial charge on any atom is 0.255 e. The van der Waals surface area contributed by atoms with Gasteiger partial charge in [0.25, 0.3) is 5.91 Å². The minimum Gasteiger partial charge on any atom is -0.489 e. The maximum absolute atomic E-state index is 12.9. The smallest absolute Gasteiger partial charge is 0.255 e. The van der Waals surface area contributed by atoms with Gasteiger partial charge in [-0.05, 0) is 85.1 Å². The van der Waals surface area contributed by atoms with Gasteiger partial charge in [0.2, 0.25) is 5.89 Å². The Morgan fingerprint density at radius 3 is 2.56 bits per heavy atom. The van der Waals surface area contributed by atoms with E-state index in [1.165, 1.54) is 11.1 Å². The number of aryl methyl sites for hydroxylation is 2. The van der Waals surface area contributed by atoms with Gasteiger partial charge in [-0.25, -0.2) is 4.98 Å². The van der Waals surface area contributed by atoms with Crippen molar-refractivity contribution in [3.8, 4) is 17.2 Å². The summed E-state index contributed by atoms with van der Waals surface area (Å²) in [6, 6.07) is 28.6. The molecule has 1 amide bonds. The van der Waals surface area contributed by atoms with E-state index in [1.807, 2.05) is 72.8 Å². The van der Waals surface area contributed by atoms with Gasteiger partial charge in [0.05, 0.1) is 0 Å². The van der Waals surface area contributed by atoms with Crippen molar-refractivity contribution in [2.75, 3.05) is 5.32 Å². The molecule has 5 aromatic rings. The molecule has 0 saturated carbocycles. The number of hydrogen-bond donors (Lipinski definition) is 1. The van der Waals surface area contributed by atoms with Crippen molar-refractivity contribution in [2.45, 2.75) is 20.5 Å². The zero-order valence-corrected chi connectivity index (χ0v) is 19.0. The first-order valence-electron chi connectivity index (χ1n) is 11.1. The Morgan fingerprint density at radius 2 is 1.74 bits per heavy atom. The molecule has 0 aliphatic rings. The molecule has 5 rings (SSSR count). The summed E-state index contributed by atoms with van der Waals surface area (Å²) in [6.07, 6.45) is 0. The fourth-order valence-electron chi connectivity index (χ4n) is 3.69. The fourth-order valence-corrected chi connectivity index (χ4v) is 3.69. The van der Waals surface area contributed by atoms with Crippen LogP contribution in [0.5, 0.6) is 5.75 Å². The van der Waals surface area contributed by atoms with Gasteiger partial charge in [-0.3, -0.25) is 4.79 Å². The fraction of sp³-hybridized carbons (Fsp3) is 0.103. The molecule has 1 N–H and O–H groups in total. The molecule has 0 unspecified atom stereocenters. The van der Waals surface area contributed by atoms with Gasteiger partial charge in [-0.15, -0.1) is 0 Å². The Kier molecular flexibility index (Phi) is 5.83. The zero-order chi connectivity index (χ0) is 23.5. The highest BCUT2D eigenvalue weighted by Gasteiger charge is 2.12. The van der Waals surface area contributed by atoms with Gasteiger partial charge in [-0.1, -0.05) is 36.4 Å². The molecule has 0 aliphatic carbocycles. The van der Waals surface area contributed by atoms with E-state index in [0.717, 1.165) is 16.9 Å². The van der Waals surface area contributed by atoms with Crippen molar-refractivity contribution in [1.29, 1.82) is 0 Å². The predicted molar refractivity (Wildman–Crippen MR) is 134 cm³/mol. The summed E-state index contributed by atoms with van der Waals surface area (Å²) in [4.78, 5) is 17.5. The number of benzene rings is 4. The molecular formula is C29H24N2O3. The Bertz CT molecular complexity index is 1470. The number of nitrogens with zero attached hydrogens (tertiary/aromatic N) is 1. The van der Waals surface area contributed by atoms with E-state index >= 15 is 0 Å². The summed E-state index contributed by atoms with van der Waals surface area (Å²) in [5, 5.41) is 2.96. The van der Waals surface area contributed by atoms with Crippen molar-refractivity contribution < 1.29 is 13.9 Å². The zero-order valence-electron chi connectivity index (χ0n) is 19.0. The lowest BCUT2D eigenvalue weighted by atomic mass is 10.1. The average Bonchev–Trinajstić information content (AvgIpc) is 3.29. The molecule has 5 nitrogen and oxygen atoms in total. The molecule has 0 radical (unpaired) electrons. The van der Waals surface area contributed by atoms with E-state index in [2.05, 4.69) is 36.3 Å². The van der Waals surface area contributed by atoms with Crippen LogP contribution in [0.4, 0.5) is 5.69 Å². The molecule has 0 aliphatic heterocycles. The third-order valence-corrected chi connectivity index (χ3v) is 5.74. The first kappa shape index (κ1) is 21.5. The minimum atomic E-state index is -0.196. The van der Waals surface area contributed by atoms with Gasteiger partial charge in [0.1, 0.15) is 17.9 Å². The lowest BCUT2D eigenvalue weighted by Crippen LogP contribution is -2.12. The second-order valence-electron chi connectivity index (χ2n) is 8.26. The Labute approximate surface area is 198 Å². The van der Waals surface area contributed by atoms with Crippen LogP contribution in [0.1, 0.15) is 27.0 Å². The average molecular weight is 449 g/mol. The first-order chi connectivity index (χ1) is 16.5. The van der Waals surface area contributed by atoms with E-state index in [-0.39, 0.29) is 5.91 Å². The number of oxazole rings is 1. The number of aromatic nitrogens is 1. The van der Waals surface area contributed by atoms with Crippen LogP contribution in [0.15, 0.2) is 95.4 Å². The predicted octanol–water partition coefficient (Wildman–Crippen LogP) is 6.94. The van der Waals surface area contributed by atoms with Crippen LogP contribution >= 0.6 is 0 Å². The van der Waals surface area contributed by atoms with E-state index in [0.29, 0.717) is 34.8 Å². The molecule has 0 spiro atoms. The lowest BCUT2D eigenvalue weighted by Gasteiger charge is -2.09. The van der Waals surface area contributed by atoms with E-state index in [1.54, 1.807) is 6.07 Å². The van der Waals surface area contributed by atoms with E-state index in [4.69, 9.17) is 9.15 Å². The summed E-state index contributed by atoms with van der Waals surface area (Å²) < 4.78 is 11.7. The molecule has 0 saturated heterocycles. The van der Waals surface area contributed by atoms with Gasteiger partial charge in [0.15, 0.2) is 5.58 Å². The topological polar surface area (TPSA) is 64.4 Å². The van der Waals surface area contributed by atoms with Gasteiger partial charge >= 0.3 is 0 Å². The van der Waals surface area contributed by atoms with Crippen molar-refractivity contribution in [3.63, 3.8) is 0 Å². The molecule has 0 bridgehead atoms. The first-order valence-corrected chi connectivity index (χ1v) is 11.1. The molecule has 168 valence electrons. The van der Waals surface area contributed by atoms with E-state index in [9.17, 15) is 4.79 Å². The van der Waals surface area contributed by atoms with Gasteiger partial charge in [0, 0.05) is 16.8 Å². The number of ether oxygens (including phenoxy) is 1. The second-order valence-corrected chi connectivity index (χ2v) is 8.26.